The molecule has 2 rings (SSSR count). The number of aryl methyl sites for hydroxylation is 2. The topological polar surface area (TPSA) is 63.8 Å². The van der Waals surface area contributed by atoms with E-state index in [2.05, 4.69) is 22.5 Å². The van der Waals surface area contributed by atoms with Crippen LogP contribution in [0.15, 0.2) is 30.3 Å². The van der Waals surface area contributed by atoms with Gasteiger partial charge in [-0.15, -0.1) is 0 Å². The van der Waals surface area contributed by atoms with Crippen molar-refractivity contribution in [3.05, 3.63) is 57.9 Å². The zero-order chi connectivity index (χ0) is 14.5. The van der Waals surface area contributed by atoms with Crippen molar-refractivity contribution in [3.63, 3.8) is 0 Å². The third-order valence-electron chi connectivity index (χ3n) is 3.27. The molecule has 1 aromatic heterocycles. The van der Waals surface area contributed by atoms with Crippen molar-refractivity contribution in [1.29, 1.82) is 0 Å². The number of hydrazine groups is 1. The lowest BCUT2D eigenvalue weighted by Gasteiger charge is -2.19. The lowest BCUT2D eigenvalue weighted by atomic mass is 9.97. The van der Waals surface area contributed by atoms with Crippen molar-refractivity contribution in [2.75, 3.05) is 0 Å². The Balaban J connectivity index is 2.30. The number of hydrogen-bond donors (Lipinski definition) is 2. The molecule has 106 valence electrons. The first-order valence-electron chi connectivity index (χ1n) is 6.67. The molecule has 1 heterocycles. The van der Waals surface area contributed by atoms with Crippen LogP contribution in [0.25, 0.3) is 0 Å². The van der Waals surface area contributed by atoms with E-state index >= 15 is 0 Å². The SMILES string of the molecule is CCc1nnc(C)cc1C(Cc1cccc(Cl)c1)NN. The summed E-state index contributed by atoms with van der Waals surface area (Å²) >= 11 is 6.03. The summed E-state index contributed by atoms with van der Waals surface area (Å²) in [7, 11) is 0. The van der Waals surface area contributed by atoms with Gasteiger partial charge in [-0.25, -0.2) is 0 Å². The van der Waals surface area contributed by atoms with Crippen LogP contribution >= 0.6 is 11.6 Å². The molecule has 0 saturated heterocycles. The normalized spacial score (nSPS) is 12.4. The van der Waals surface area contributed by atoms with Crippen molar-refractivity contribution in [3.8, 4) is 0 Å². The van der Waals surface area contributed by atoms with E-state index in [1.807, 2.05) is 37.3 Å². The van der Waals surface area contributed by atoms with Crippen LogP contribution in [-0.2, 0) is 12.8 Å². The van der Waals surface area contributed by atoms with Gasteiger partial charge in [-0.3, -0.25) is 11.3 Å². The van der Waals surface area contributed by atoms with Gasteiger partial charge < -0.3 is 0 Å². The maximum Gasteiger partial charge on any atom is 0.0676 e. The smallest absolute Gasteiger partial charge is 0.0676 e. The van der Waals surface area contributed by atoms with E-state index in [0.717, 1.165) is 40.4 Å². The van der Waals surface area contributed by atoms with Crippen LogP contribution < -0.4 is 11.3 Å². The molecule has 0 aliphatic rings. The van der Waals surface area contributed by atoms with Gasteiger partial charge in [0.25, 0.3) is 0 Å². The number of nitrogens with two attached hydrogens (primary N) is 1. The molecule has 0 radical (unpaired) electrons. The molecule has 0 saturated carbocycles. The zero-order valence-corrected chi connectivity index (χ0v) is 12.5. The molecular formula is C15H19ClN4. The molecule has 20 heavy (non-hydrogen) atoms. The van der Waals surface area contributed by atoms with Gasteiger partial charge in [0.2, 0.25) is 0 Å². The summed E-state index contributed by atoms with van der Waals surface area (Å²) in [6.45, 7) is 4.00. The molecule has 0 bridgehead atoms. The van der Waals surface area contributed by atoms with Gasteiger partial charge in [0.15, 0.2) is 0 Å². The molecule has 5 heteroatoms. The van der Waals surface area contributed by atoms with Crippen LogP contribution in [0.3, 0.4) is 0 Å². The zero-order valence-electron chi connectivity index (χ0n) is 11.7. The summed E-state index contributed by atoms with van der Waals surface area (Å²) < 4.78 is 0. The number of nitrogens with zero attached hydrogens (tertiary/aromatic N) is 2. The maximum atomic E-state index is 6.03. The Labute approximate surface area is 124 Å². The summed E-state index contributed by atoms with van der Waals surface area (Å²) in [6, 6.07) is 9.86. The predicted octanol–water partition coefficient (Wildman–Crippen LogP) is 2.75. The Morgan fingerprint density at radius 2 is 2.10 bits per heavy atom. The largest absolute Gasteiger partial charge is 0.271 e. The van der Waals surface area contributed by atoms with E-state index in [4.69, 9.17) is 17.4 Å². The van der Waals surface area contributed by atoms with Crippen LogP contribution in [-0.4, -0.2) is 10.2 Å². The van der Waals surface area contributed by atoms with Crippen molar-refractivity contribution >= 4 is 11.6 Å². The minimum atomic E-state index is -0.00221. The fourth-order valence-electron chi connectivity index (χ4n) is 2.27. The molecule has 0 fully saturated rings. The van der Waals surface area contributed by atoms with Crippen molar-refractivity contribution < 1.29 is 0 Å². The number of benzene rings is 1. The number of aromatic nitrogens is 2. The number of hydrogen-bond acceptors (Lipinski definition) is 4. The Bertz CT molecular complexity index is 586. The molecular weight excluding hydrogens is 272 g/mol. The fraction of sp³-hybridized carbons (Fsp3) is 0.333. The van der Waals surface area contributed by atoms with Crippen molar-refractivity contribution in [2.24, 2.45) is 5.84 Å². The van der Waals surface area contributed by atoms with Gasteiger partial charge in [-0.1, -0.05) is 30.7 Å². The fourth-order valence-corrected chi connectivity index (χ4v) is 2.48. The highest BCUT2D eigenvalue weighted by Crippen LogP contribution is 2.22. The van der Waals surface area contributed by atoms with Crippen LogP contribution in [0, 0.1) is 6.92 Å². The lowest BCUT2D eigenvalue weighted by Crippen LogP contribution is -2.30. The van der Waals surface area contributed by atoms with E-state index in [1.165, 1.54) is 0 Å². The van der Waals surface area contributed by atoms with Crippen LogP contribution in [0.5, 0.6) is 0 Å². The van der Waals surface area contributed by atoms with Gasteiger partial charge in [-0.05, 0) is 49.1 Å². The third-order valence-corrected chi connectivity index (χ3v) is 3.50. The van der Waals surface area contributed by atoms with Crippen molar-refractivity contribution in [1.82, 2.24) is 15.6 Å². The highest BCUT2D eigenvalue weighted by atomic mass is 35.5. The van der Waals surface area contributed by atoms with Crippen LogP contribution in [0.4, 0.5) is 0 Å². The van der Waals surface area contributed by atoms with Gasteiger partial charge in [0.1, 0.15) is 0 Å². The van der Waals surface area contributed by atoms with E-state index in [-0.39, 0.29) is 6.04 Å². The summed E-state index contributed by atoms with van der Waals surface area (Å²) in [4.78, 5) is 0. The quantitative estimate of drug-likeness (QED) is 0.656. The summed E-state index contributed by atoms with van der Waals surface area (Å²) in [6.07, 6.45) is 1.59. The minimum absolute atomic E-state index is 0.00221. The second-order valence-electron chi connectivity index (χ2n) is 4.79. The molecule has 1 aromatic carbocycles. The Morgan fingerprint density at radius 3 is 2.75 bits per heavy atom. The van der Waals surface area contributed by atoms with Gasteiger partial charge in [0, 0.05) is 5.02 Å². The van der Waals surface area contributed by atoms with E-state index in [0.29, 0.717) is 0 Å². The highest BCUT2D eigenvalue weighted by Gasteiger charge is 2.16. The number of halogens is 1. The molecule has 3 N–H and O–H groups in total. The molecule has 1 unspecified atom stereocenters. The minimum Gasteiger partial charge on any atom is -0.271 e. The van der Waals surface area contributed by atoms with Crippen LogP contribution in [0.1, 0.15) is 35.5 Å². The van der Waals surface area contributed by atoms with E-state index < -0.39 is 0 Å². The first-order valence-corrected chi connectivity index (χ1v) is 7.05. The molecule has 2 aromatic rings. The molecule has 1 atom stereocenters. The number of nitrogens with one attached hydrogen (secondary N) is 1. The maximum absolute atomic E-state index is 6.03. The second kappa shape index (κ2) is 6.79. The first-order chi connectivity index (χ1) is 9.63. The van der Waals surface area contributed by atoms with Gasteiger partial charge >= 0.3 is 0 Å². The Morgan fingerprint density at radius 1 is 1.30 bits per heavy atom. The standard InChI is InChI=1S/C15H19ClN4/c1-3-14-13(7-10(2)19-20-14)15(18-17)9-11-5-4-6-12(16)8-11/h4-8,15,18H,3,9,17H2,1-2H3. The van der Waals surface area contributed by atoms with Gasteiger partial charge in [-0.2, -0.15) is 10.2 Å². The Hall–Kier alpha value is -1.49. The van der Waals surface area contributed by atoms with E-state index in [9.17, 15) is 0 Å². The first kappa shape index (κ1) is 14.9. The summed E-state index contributed by atoms with van der Waals surface area (Å²) in [5.41, 5.74) is 6.98. The molecule has 0 aliphatic heterocycles. The predicted molar refractivity (Wildman–Crippen MR) is 81.4 cm³/mol. The average Bonchev–Trinajstić information content (AvgIpc) is 2.45. The average molecular weight is 291 g/mol. The van der Waals surface area contributed by atoms with Crippen LogP contribution in [0.2, 0.25) is 5.02 Å². The monoisotopic (exact) mass is 290 g/mol. The van der Waals surface area contributed by atoms with E-state index in [1.54, 1.807) is 0 Å². The molecule has 4 nitrogen and oxygen atoms in total. The summed E-state index contributed by atoms with van der Waals surface area (Å²) in [5.74, 6) is 5.73. The van der Waals surface area contributed by atoms with Gasteiger partial charge in [0.05, 0.1) is 17.4 Å². The number of rotatable bonds is 5. The highest BCUT2D eigenvalue weighted by molar-refractivity contribution is 6.30. The van der Waals surface area contributed by atoms with Crippen molar-refractivity contribution in [2.45, 2.75) is 32.7 Å². The lowest BCUT2D eigenvalue weighted by molar-refractivity contribution is 0.541. The summed E-state index contributed by atoms with van der Waals surface area (Å²) in [5, 5.41) is 9.10. The molecule has 0 aliphatic carbocycles. The Kier molecular flexibility index (Phi) is 5.06. The molecule has 0 spiro atoms. The second-order valence-corrected chi connectivity index (χ2v) is 5.23. The third kappa shape index (κ3) is 3.54. The molecule has 0 amide bonds.